The van der Waals surface area contributed by atoms with Crippen molar-refractivity contribution in [1.82, 2.24) is 29.6 Å². The lowest BCUT2D eigenvalue weighted by Crippen LogP contribution is -2.52. The van der Waals surface area contributed by atoms with Crippen molar-refractivity contribution in [2.75, 3.05) is 49.1 Å². The van der Waals surface area contributed by atoms with Crippen LogP contribution < -0.4 is 14.5 Å². The number of aryl methyl sites for hydroxylation is 2. The zero-order valence-corrected chi connectivity index (χ0v) is 36.4. The monoisotopic (exact) mass is 846 g/mol. The third-order valence-electron chi connectivity index (χ3n) is 14.2. The molecule has 11 rings (SSSR count). The Hall–Kier alpha value is -5.98. The van der Waals surface area contributed by atoms with Gasteiger partial charge in [0, 0.05) is 76.5 Å². The average molecular weight is 847 g/mol. The lowest BCUT2D eigenvalue weighted by molar-refractivity contribution is -0.133. The summed E-state index contributed by atoms with van der Waals surface area (Å²) < 4.78 is 5.90. The molecule has 326 valence electrons. The van der Waals surface area contributed by atoms with Crippen molar-refractivity contribution in [3.8, 4) is 11.5 Å². The number of fused-ring (bicyclic) bond motifs is 4. The number of carbonyl (C=O) groups excluding carboxylic acids is 2. The predicted molar refractivity (Wildman–Crippen MR) is 243 cm³/mol. The molecule has 2 aromatic heterocycles. The maximum Gasteiger partial charge on any atom is 0.240 e. The minimum absolute atomic E-state index is 0.0235. The Bertz CT molecular complexity index is 2360. The number of aromatic hydroxyl groups is 1. The van der Waals surface area contributed by atoms with Gasteiger partial charge >= 0.3 is 0 Å². The van der Waals surface area contributed by atoms with Crippen LogP contribution in [0.5, 0.6) is 11.5 Å². The molecule has 6 atom stereocenters. The summed E-state index contributed by atoms with van der Waals surface area (Å²) in [5, 5.41) is 9.46. The number of pyridine rings is 2. The van der Waals surface area contributed by atoms with Crippen LogP contribution in [0.4, 0.5) is 11.6 Å². The quantitative estimate of drug-likeness (QED) is 0.165. The molecule has 1 N–H and O–H groups in total. The van der Waals surface area contributed by atoms with Gasteiger partial charge in [-0.1, -0.05) is 90.0 Å². The largest absolute Gasteiger partial charge is 0.506 e. The number of piperazine rings is 2. The summed E-state index contributed by atoms with van der Waals surface area (Å²) in [6.07, 6.45) is 7.37. The van der Waals surface area contributed by atoms with Crippen molar-refractivity contribution in [3.63, 3.8) is 0 Å². The number of anilines is 2. The molecule has 4 bridgehead atoms. The summed E-state index contributed by atoms with van der Waals surface area (Å²) in [5.41, 5.74) is 6.05. The van der Waals surface area contributed by atoms with Crippen LogP contribution in [0.1, 0.15) is 53.5 Å². The molecule has 12 heteroatoms. The molecule has 2 unspecified atom stereocenters. The highest BCUT2D eigenvalue weighted by molar-refractivity contribution is 5.84. The number of carbonyl (C=O) groups is 2. The molecule has 2 amide bonds. The summed E-state index contributed by atoms with van der Waals surface area (Å²) in [7, 11) is 0. The number of likely N-dealkylation sites (tertiary alicyclic amines) is 4. The van der Waals surface area contributed by atoms with Gasteiger partial charge in [0.1, 0.15) is 29.7 Å². The van der Waals surface area contributed by atoms with Crippen molar-refractivity contribution in [2.45, 2.75) is 95.5 Å². The second-order valence-corrected chi connectivity index (χ2v) is 18.4. The van der Waals surface area contributed by atoms with Crippen LogP contribution in [0.2, 0.25) is 0 Å². The van der Waals surface area contributed by atoms with Crippen molar-refractivity contribution in [2.24, 2.45) is 0 Å². The van der Waals surface area contributed by atoms with Crippen molar-refractivity contribution >= 4 is 23.5 Å². The lowest BCUT2D eigenvalue weighted by atomic mass is 10.1. The normalized spacial score (nSPS) is 25.4. The molecule has 6 aliphatic heterocycles. The molecule has 63 heavy (non-hydrogen) atoms. The van der Waals surface area contributed by atoms with Gasteiger partial charge in [-0.3, -0.25) is 19.4 Å². The van der Waals surface area contributed by atoms with Gasteiger partial charge in [-0.15, -0.1) is 0 Å². The van der Waals surface area contributed by atoms with Crippen LogP contribution in [0.3, 0.4) is 0 Å². The van der Waals surface area contributed by atoms with E-state index in [1.165, 1.54) is 28.5 Å². The van der Waals surface area contributed by atoms with E-state index in [0.717, 1.165) is 87.9 Å². The molecule has 12 nitrogen and oxygen atoms in total. The maximum absolute atomic E-state index is 13.2. The third kappa shape index (κ3) is 8.71. The highest BCUT2D eigenvalue weighted by atomic mass is 16.5. The molecule has 6 fully saturated rings. The van der Waals surface area contributed by atoms with E-state index in [9.17, 15) is 14.7 Å². The number of nitrogens with zero attached hydrogens (tertiary/aromatic N) is 8. The van der Waals surface area contributed by atoms with Gasteiger partial charge in [-0.25, -0.2) is 9.97 Å². The highest BCUT2D eigenvalue weighted by Crippen LogP contribution is 2.39. The fraction of sp³-hybridized carbons (Fsp3) is 0.412. The highest BCUT2D eigenvalue weighted by Gasteiger charge is 2.51. The Morgan fingerprint density at radius 2 is 1.08 bits per heavy atom. The maximum atomic E-state index is 13.2. The number of amides is 2. The Kier molecular flexibility index (Phi) is 11.5. The summed E-state index contributed by atoms with van der Waals surface area (Å²) in [6.45, 7) is 11.5. The van der Waals surface area contributed by atoms with Gasteiger partial charge < -0.3 is 29.4 Å². The van der Waals surface area contributed by atoms with E-state index in [4.69, 9.17) is 9.72 Å². The van der Waals surface area contributed by atoms with Gasteiger partial charge in [-0.2, -0.15) is 0 Å². The van der Waals surface area contributed by atoms with Crippen LogP contribution in [0.15, 0.2) is 116 Å². The van der Waals surface area contributed by atoms with Crippen LogP contribution in [-0.4, -0.2) is 122 Å². The molecule has 0 radical (unpaired) electrons. The topological polar surface area (TPSA) is 109 Å². The Morgan fingerprint density at radius 1 is 0.571 bits per heavy atom. The Balaban J connectivity index is 0.000000153. The first kappa shape index (κ1) is 41.1. The van der Waals surface area contributed by atoms with Crippen LogP contribution >= 0.6 is 0 Å². The first-order chi connectivity index (χ1) is 30.7. The average Bonchev–Trinajstić information content (AvgIpc) is 4.19. The number of ether oxygens (including phenoxy) is 1. The molecular weight excluding hydrogens is 789 g/mol. The van der Waals surface area contributed by atoms with Crippen LogP contribution in [0, 0.1) is 13.8 Å². The van der Waals surface area contributed by atoms with Gasteiger partial charge in [0.2, 0.25) is 11.8 Å². The van der Waals surface area contributed by atoms with Gasteiger partial charge in [0.05, 0.1) is 24.5 Å². The number of rotatable bonds is 11. The minimum atomic E-state index is 0.0235. The molecule has 5 aromatic rings. The zero-order valence-electron chi connectivity index (χ0n) is 36.4. The number of aromatic nitrogens is 2. The molecule has 6 aliphatic rings. The summed E-state index contributed by atoms with van der Waals surface area (Å²) in [6, 6.07) is 36.5. The van der Waals surface area contributed by atoms with E-state index in [1.807, 2.05) is 46.3 Å². The van der Waals surface area contributed by atoms with E-state index in [1.54, 1.807) is 6.07 Å². The number of benzene rings is 3. The van der Waals surface area contributed by atoms with Gasteiger partial charge in [0.15, 0.2) is 0 Å². The molecule has 0 spiro atoms. The molecule has 0 saturated carbocycles. The molecule has 3 aromatic carbocycles. The van der Waals surface area contributed by atoms with E-state index in [2.05, 4.69) is 105 Å². The van der Waals surface area contributed by atoms with Crippen LogP contribution in [-0.2, 0) is 29.3 Å². The summed E-state index contributed by atoms with van der Waals surface area (Å²) >= 11 is 0. The fourth-order valence-corrected chi connectivity index (χ4v) is 10.8. The summed E-state index contributed by atoms with van der Waals surface area (Å²) in [4.78, 5) is 49.0. The predicted octanol–water partition coefficient (Wildman–Crippen LogP) is 6.19. The van der Waals surface area contributed by atoms with Crippen LogP contribution in [0.25, 0.3) is 0 Å². The van der Waals surface area contributed by atoms with E-state index in [-0.39, 0.29) is 23.7 Å². The SMILES string of the molecule is Cc1ccc(CN2CCC(N3C[C@@H]4C[C@H]3CN4c3ccc(O)cn3)C2=O)cc1.Cc1ccc(CN2CCC(N3C[C@@H]4C[C@H]3CN4c3ccc(OCc4ccccc4)cn3)C2=O)cc1. The summed E-state index contributed by atoms with van der Waals surface area (Å²) in [5.74, 6) is 3.48. The first-order valence-electron chi connectivity index (χ1n) is 22.7. The van der Waals surface area contributed by atoms with Crippen molar-refractivity contribution < 1.29 is 19.4 Å². The zero-order chi connectivity index (χ0) is 43.0. The van der Waals surface area contributed by atoms with Gasteiger partial charge in [-0.05, 0) is 80.5 Å². The standard InChI is InChI=1S/C29H32N4O2.C22H26N4O2/c1-21-7-9-22(10-8-21)17-31-14-13-27(29(31)34)32-18-25-15-24(32)19-33(25)28-12-11-26(16-30-28)35-20-23-5-3-2-4-6-23;1-15-2-4-16(5-3-15)12-24-9-8-20(22(24)28)25-13-18-10-17(25)14-26(18)21-7-6-19(27)11-23-21/h2-12,16,24-25,27H,13-15,17-20H2,1H3;2-7,11,17-18,20,27H,8-10,12-14H2,1H3/t24-,25-,27?;17-,18-,20?/m00/s1. The Morgan fingerprint density at radius 3 is 1.52 bits per heavy atom. The number of hydrogen-bond donors (Lipinski definition) is 1. The van der Waals surface area contributed by atoms with Gasteiger partial charge in [0.25, 0.3) is 0 Å². The van der Waals surface area contributed by atoms with E-state index in [0.29, 0.717) is 49.8 Å². The second-order valence-electron chi connectivity index (χ2n) is 18.4. The second kappa shape index (κ2) is 17.7. The first-order valence-corrected chi connectivity index (χ1v) is 22.7. The number of hydrogen-bond acceptors (Lipinski definition) is 10. The van der Waals surface area contributed by atoms with E-state index < -0.39 is 0 Å². The molecule has 8 heterocycles. The van der Waals surface area contributed by atoms with Crippen molar-refractivity contribution in [3.05, 3.63) is 143 Å². The minimum Gasteiger partial charge on any atom is -0.506 e. The lowest BCUT2D eigenvalue weighted by Gasteiger charge is -2.37. The molecule has 0 aliphatic carbocycles. The molecular formula is C51H58N8O4. The third-order valence-corrected chi connectivity index (χ3v) is 14.2. The fourth-order valence-electron chi connectivity index (χ4n) is 10.8. The smallest absolute Gasteiger partial charge is 0.240 e. The Labute approximate surface area is 370 Å². The van der Waals surface area contributed by atoms with Crippen molar-refractivity contribution in [1.29, 1.82) is 0 Å². The van der Waals surface area contributed by atoms with E-state index >= 15 is 0 Å². The molecule has 6 saturated heterocycles.